The number of benzene rings is 1. The van der Waals surface area contributed by atoms with E-state index in [-0.39, 0.29) is 17.8 Å². The number of nitrogens with two attached hydrogens (primary N) is 1. The molecule has 0 aliphatic heterocycles. The number of hydrogen-bond donors (Lipinski definition) is 2. The standard InChI is InChI=1S/C15H17BrFN3OS/c1-9(6-10-2-3-12(17)11(16)7-10)19-15(21)13-8-22-14(20-13)4-5-18/h2-3,7-9H,4-6,18H2,1H3,(H,19,21). The molecular weight excluding hydrogens is 369 g/mol. The van der Waals surface area contributed by atoms with Gasteiger partial charge in [-0.3, -0.25) is 4.79 Å². The minimum absolute atomic E-state index is 0.0791. The lowest BCUT2D eigenvalue weighted by Gasteiger charge is -2.13. The topological polar surface area (TPSA) is 68.0 Å². The van der Waals surface area contributed by atoms with E-state index in [1.165, 1.54) is 17.4 Å². The maximum Gasteiger partial charge on any atom is 0.270 e. The van der Waals surface area contributed by atoms with Gasteiger partial charge in [0.05, 0.1) is 9.48 Å². The fourth-order valence-electron chi connectivity index (χ4n) is 2.02. The summed E-state index contributed by atoms with van der Waals surface area (Å²) in [6, 6.07) is 4.77. The van der Waals surface area contributed by atoms with Gasteiger partial charge in [-0.2, -0.15) is 0 Å². The third-order valence-electron chi connectivity index (χ3n) is 3.05. The average molecular weight is 386 g/mol. The third-order valence-corrected chi connectivity index (χ3v) is 4.56. The Hall–Kier alpha value is -1.31. The molecule has 0 aliphatic carbocycles. The predicted molar refractivity (Wildman–Crippen MR) is 89.6 cm³/mol. The molecule has 2 aromatic rings. The second-order valence-electron chi connectivity index (χ2n) is 4.99. The molecule has 1 heterocycles. The first-order valence-electron chi connectivity index (χ1n) is 6.89. The number of nitrogens with zero attached hydrogens (tertiary/aromatic N) is 1. The fraction of sp³-hybridized carbons (Fsp3) is 0.333. The molecule has 0 saturated carbocycles. The summed E-state index contributed by atoms with van der Waals surface area (Å²) in [6.45, 7) is 2.42. The molecule has 118 valence electrons. The summed E-state index contributed by atoms with van der Waals surface area (Å²) in [5.74, 6) is -0.497. The van der Waals surface area contributed by atoms with Crippen LogP contribution in [-0.2, 0) is 12.8 Å². The van der Waals surface area contributed by atoms with Crippen LogP contribution in [0.5, 0.6) is 0 Å². The normalized spacial score (nSPS) is 12.2. The minimum atomic E-state index is -0.296. The van der Waals surface area contributed by atoms with E-state index in [4.69, 9.17) is 5.73 Å². The number of amides is 1. The van der Waals surface area contributed by atoms with Gasteiger partial charge in [-0.15, -0.1) is 11.3 Å². The molecule has 1 aromatic heterocycles. The van der Waals surface area contributed by atoms with Crippen LogP contribution >= 0.6 is 27.3 Å². The summed E-state index contributed by atoms with van der Waals surface area (Å²) in [4.78, 5) is 16.4. The van der Waals surface area contributed by atoms with Crippen molar-refractivity contribution in [3.63, 3.8) is 0 Å². The minimum Gasteiger partial charge on any atom is -0.348 e. The van der Waals surface area contributed by atoms with Gasteiger partial charge in [0.1, 0.15) is 11.5 Å². The van der Waals surface area contributed by atoms with Gasteiger partial charge in [0.25, 0.3) is 5.91 Å². The van der Waals surface area contributed by atoms with Crippen LogP contribution in [-0.4, -0.2) is 23.5 Å². The van der Waals surface area contributed by atoms with Crippen LogP contribution in [0.4, 0.5) is 4.39 Å². The summed E-state index contributed by atoms with van der Waals surface area (Å²) in [5.41, 5.74) is 6.84. The van der Waals surface area contributed by atoms with E-state index < -0.39 is 0 Å². The van der Waals surface area contributed by atoms with Crippen LogP contribution < -0.4 is 11.1 Å². The molecule has 4 nitrogen and oxygen atoms in total. The summed E-state index contributed by atoms with van der Waals surface area (Å²) in [6.07, 6.45) is 1.29. The van der Waals surface area contributed by atoms with Crippen LogP contribution in [0.25, 0.3) is 0 Å². The van der Waals surface area contributed by atoms with Gasteiger partial charge in [0.15, 0.2) is 0 Å². The van der Waals surface area contributed by atoms with Gasteiger partial charge in [-0.25, -0.2) is 9.37 Å². The van der Waals surface area contributed by atoms with Gasteiger partial charge >= 0.3 is 0 Å². The first kappa shape index (κ1) is 17.1. The zero-order valence-corrected chi connectivity index (χ0v) is 14.5. The Morgan fingerprint density at radius 2 is 2.32 bits per heavy atom. The van der Waals surface area contributed by atoms with Crippen LogP contribution in [0.2, 0.25) is 0 Å². The highest BCUT2D eigenvalue weighted by Gasteiger charge is 2.14. The molecular formula is C15H17BrFN3OS. The van der Waals surface area contributed by atoms with Crippen molar-refractivity contribution in [2.24, 2.45) is 5.73 Å². The molecule has 0 saturated heterocycles. The average Bonchev–Trinajstić information content (AvgIpc) is 2.92. The quantitative estimate of drug-likeness (QED) is 0.802. The molecule has 2 rings (SSSR count). The zero-order chi connectivity index (χ0) is 16.1. The molecule has 3 N–H and O–H groups in total. The highest BCUT2D eigenvalue weighted by molar-refractivity contribution is 9.10. The second kappa shape index (κ2) is 7.80. The van der Waals surface area contributed by atoms with E-state index in [1.807, 2.05) is 6.92 Å². The van der Waals surface area contributed by atoms with Crippen molar-refractivity contribution in [3.8, 4) is 0 Å². The summed E-state index contributed by atoms with van der Waals surface area (Å²) in [5, 5.41) is 5.50. The molecule has 1 amide bonds. The molecule has 22 heavy (non-hydrogen) atoms. The molecule has 1 atom stereocenters. The lowest BCUT2D eigenvalue weighted by Crippen LogP contribution is -2.34. The van der Waals surface area contributed by atoms with E-state index in [1.54, 1.807) is 17.5 Å². The Labute approximate surface area is 141 Å². The highest BCUT2D eigenvalue weighted by Crippen LogP contribution is 2.18. The maximum atomic E-state index is 13.2. The van der Waals surface area contributed by atoms with Crippen molar-refractivity contribution < 1.29 is 9.18 Å². The van der Waals surface area contributed by atoms with Crippen molar-refractivity contribution in [1.29, 1.82) is 0 Å². The van der Waals surface area contributed by atoms with Gasteiger partial charge in [-0.1, -0.05) is 6.07 Å². The van der Waals surface area contributed by atoms with E-state index in [2.05, 4.69) is 26.2 Å². The van der Waals surface area contributed by atoms with Gasteiger partial charge < -0.3 is 11.1 Å². The summed E-state index contributed by atoms with van der Waals surface area (Å²) < 4.78 is 13.6. The van der Waals surface area contributed by atoms with E-state index in [0.29, 0.717) is 29.6 Å². The molecule has 1 aromatic carbocycles. The van der Waals surface area contributed by atoms with Gasteiger partial charge in [-0.05, 0) is 53.5 Å². The maximum absolute atomic E-state index is 13.2. The first-order valence-corrected chi connectivity index (χ1v) is 8.56. The van der Waals surface area contributed by atoms with Crippen LogP contribution in [0, 0.1) is 5.82 Å². The third kappa shape index (κ3) is 4.59. The largest absolute Gasteiger partial charge is 0.348 e. The monoisotopic (exact) mass is 385 g/mol. The van der Waals surface area contributed by atoms with Gasteiger partial charge in [0.2, 0.25) is 0 Å². The van der Waals surface area contributed by atoms with Crippen LogP contribution in [0.1, 0.15) is 28.0 Å². The Kier molecular flexibility index (Phi) is 6.05. The van der Waals surface area contributed by atoms with E-state index >= 15 is 0 Å². The summed E-state index contributed by atoms with van der Waals surface area (Å²) >= 11 is 4.60. The zero-order valence-electron chi connectivity index (χ0n) is 12.1. The van der Waals surface area contributed by atoms with Crippen LogP contribution in [0.15, 0.2) is 28.1 Å². The van der Waals surface area contributed by atoms with Crippen molar-refractivity contribution in [3.05, 3.63) is 50.1 Å². The van der Waals surface area contributed by atoms with Gasteiger partial charge in [0, 0.05) is 17.8 Å². The molecule has 7 heteroatoms. The smallest absolute Gasteiger partial charge is 0.270 e. The van der Waals surface area contributed by atoms with E-state index in [0.717, 1.165) is 10.6 Å². The van der Waals surface area contributed by atoms with Crippen molar-refractivity contribution in [2.45, 2.75) is 25.8 Å². The number of nitrogens with one attached hydrogen (secondary N) is 1. The number of rotatable bonds is 6. The molecule has 0 bridgehead atoms. The lowest BCUT2D eigenvalue weighted by molar-refractivity contribution is 0.0935. The molecule has 0 fully saturated rings. The highest BCUT2D eigenvalue weighted by atomic mass is 79.9. The number of halogens is 2. The number of hydrogen-bond acceptors (Lipinski definition) is 4. The lowest BCUT2D eigenvalue weighted by atomic mass is 10.1. The number of carbonyl (C=O) groups excluding carboxylic acids is 1. The van der Waals surface area contributed by atoms with E-state index in [9.17, 15) is 9.18 Å². The van der Waals surface area contributed by atoms with Crippen LogP contribution in [0.3, 0.4) is 0 Å². The van der Waals surface area contributed by atoms with Crippen molar-refractivity contribution in [1.82, 2.24) is 10.3 Å². The molecule has 0 radical (unpaired) electrons. The number of aromatic nitrogens is 1. The SMILES string of the molecule is CC(Cc1ccc(F)c(Br)c1)NC(=O)c1csc(CCN)n1. The molecule has 0 aliphatic rings. The number of thiazole rings is 1. The Balaban J connectivity index is 1.93. The first-order chi connectivity index (χ1) is 10.5. The molecule has 0 spiro atoms. The second-order valence-corrected chi connectivity index (χ2v) is 6.79. The van der Waals surface area contributed by atoms with Crippen molar-refractivity contribution in [2.75, 3.05) is 6.54 Å². The Bertz CT molecular complexity index is 662. The Morgan fingerprint density at radius 3 is 3.00 bits per heavy atom. The molecule has 1 unspecified atom stereocenters. The summed E-state index contributed by atoms with van der Waals surface area (Å²) in [7, 11) is 0. The number of carbonyl (C=O) groups is 1. The van der Waals surface area contributed by atoms with Crippen molar-refractivity contribution >= 4 is 33.2 Å². The fourth-order valence-corrected chi connectivity index (χ4v) is 3.24. The Morgan fingerprint density at radius 1 is 1.55 bits per heavy atom. The predicted octanol–water partition coefficient (Wildman–Crippen LogP) is 2.91.